The zero-order valence-corrected chi connectivity index (χ0v) is 42.5. The predicted octanol–water partition coefficient (Wildman–Crippen LogP) is 12.4. The van der Waals surface area contributed by atoms with E-state index in [1.54, 1.807) is 38.5 Å². The number of thiophene rings is 2. The molecule has 0 unspecified atom stereocenters. The van der Waals surface area contributed by atoms with E-state index < -0.39 is 52.0 Å². The molecule has 0 bridgehead atoms. The molecule has 19 heteroatoms. The highest BCUT2D eigenvalue weighted by Crippen LogP contribution is 2.66. The number of rotatable bonds is 33. The number of ether oxygens (including phenoxy) is 9. The highest BCUT2D eigenvalue weighted by Gasteiger charge is 2.80. The summed E-state index contributed by atoms with van der Waals surface area (Å²) in [6.45, 7) is 7.65. The van der Waals surface area contributed by atoms with Crippen molar-refractivity contribution in [3.05, 3.63) is 86.6 Å². The third-order valence-corrected chi connectivity index (χ3v) is 13.6. The fourth-order valence-electron chi connectivity index (χ4n) is 7.63. The van der Waals surface area contributed by atoms with Crippen molar-refractivity contribution >= 4 is 45.8 Å². The van der Waals surface area contributed by atoms with E-state index in [0.717, 1.165) is 48.0 Å². The van der Waals surface area contributed by atoms with E-state index in [1.807, 2.05) is 0 Å². The second-order valence-electron chi connectivity index (χ2n) is 16.6. The van der Waals surface area contributed by atoms with Gasteiger partial charge in [-0.05, 0) is 97.1 Å². The van der Waals surface area contributed by atoms with E-state index in [1.165, 1.54) is 63.8 Å². The predicted molar refractivity (Wildman–Crippen MR) is 262 cm³/mol. The number of carbonyl (C=O) groups is 2. The van der Waals surface area contributed by atoms with Gasteiger partial charge >= 0.3 is 29.7 Å². The van der Waals surface area contributed by atoms with E-state index in [9.17, 15) is 9.59 Å². The Morgan fingerprint density at radius 2 is 0.901 bits per heavy atom. The first-order chi connectivity index (χ1) is 34.1. The van der Waals surface area contributed by atoms with Gasteiger partial charge in [-0.25, -0.2) is 9.59 Å². The molecule has 0 N–H and O–H groups in total. The third kappa shape index (κ3) is 15.4. The largest absolute Gasteiger partial charge is 0.494 e. The molecule has 0 saturated heterocycles. The van der Waals surface area contributed by atoms with Crippen LogP contribution in [0.2, 0.25) is 0 Å². The number of hydrogen-bond acceptors (Lipinski definition) is 13. The fourth-order valence-corrected chi connectivity index (χ4v) is 9.67. The Bertz CT molecular complexity index is 2280. The van der Waals surface area contributed by atoms with Crippen molar-refractivity contribution in [2.45, 2.75) is 83.5 Å². The maximum Gasteiger partial charge on any atom is 0.380 e. The highest BCUT2D eigenvalue weighted by molar-refractivity contribution is 7.16. The lowest BCUT2D eigenvalue weighted by atomic mass is 9.94. The van der Waals surface area contributed by atoms with Crippen LogP contribution in [0.5, 0.6) is 5.75 Å². The van der Waals surface area contributed by atoms with Crippen molar-refractivity contribution in [1.29, 1.82) is 0 Å². The summed E-state index contributed by atoms with van der Waals surface area (Å²) in [7, 11) is 3.09. The smallest absolute Gasteiger partial charge is 0.380 e. The number of methoxy groups -OCH3 is 2. The molecule has 0 fully saturated rings. The molecule has 2 aromatic heterocycles. The van der Waals surface area contributed by atoms with Gasteiger partial charge in [0.2, 0.25) is 0 Å². The van der Waals surface area contributed by atoms with Crippen molar-refractivity contribution in [2.24, 2.45) is 0 Å². The second kappa shape index (κ2) is 28.2. The van der Waals surface area contributed by atoms with Gasteiger partial charge in [0.25, 0.3) is 0 Å². The summed E-state index contributed by atoms with van der Waals surface area (Å²) in [6, 6.07) is 13.0. The minimum Gasteiger partial charge on any atom is -0.494 e. The molecule has 0 amide bonds. The van der Waals surface area contributed by atoms with Gasteiger partial charge in [-0.3, -0.25) is 0 Å². The Kier molecular flexibility index (Phi) is 22.9. The van der Waals surface area contributed by atoms with Crippen molar-refractivity contribution in [1.82, 2.24) is 0 Å². The molecular formula is C52H64F6O11S2. The van der Waals surface area contributed by atoms with Gasteiger partial charge in [0.15, 0.2) is 0 Å². The number of benzene rings is 2. The molecule has 0 atom stereocenters. The zero-order chi connectivity index (χ0) is 51.4. The van der Waals surface area contributed by atoms with Crippen LogP contribution in [0, 0.1) is 13.8 Å². The van der Waals surface area contributed by atoms with Crippen LogP contribution in [0.4, 0.5) is 26.3 Å². The van der Waals surface area contributed by atoms with E-state index in [0.29, 0.717) is 49.2 Å². The van der Waals surface area contributed by atoms with Gasteiger partial charge in [0.05, 0.1) is 83.8 Å². The molecule has 0 saturated carbocycles. The highest BCUT2D eigenvalue weighted by atomic mass is 32.1. The number of aryl methyl sites for hydroxylation is 2. The van der Waals surface area contributed by atoms with E-state index in [-0.39, 0.29) is 84.2 Å². The van der Waals surface area contributed by atoms with Gasteiger partial charge in [-0.1, -0.05) is 45.4 Å². The Balaban J connectivity index is 1.42. The average Bonchev–Trinajstić information content (AvgIpc) is 3.96. The molecule has 11 nitrogen and oxygen atoms in total. The van der Waals surface area contributed by atoms with Crippen molar-refractivity contribution < 1.29 is 78.6 Å². The molecule has 2 heterocycles. The SMILES string of the molecule is CCCCCCCCCOc1ccc(-c2cc(C3=C(c4cc(-c5cc(C(=O)OCCOCCOCCOC)cc(C(=O)OCCOCCOCCOC)c5)sc4C)C(F)(F)C(F)(F)C3(F)F)c(C)s2)cc1. The first kappa shape index (κ1) is 57.6. The van der Waals surface area contributed by atoms with Crippen LogP contribution < -0.4 is 4.74 Å². The maximum absolute atomic E-state index is 16.2. The van der Waals surface area contributed by atoms with E-state index in [4.69, 9.17) is 42.6 Å². The summed E-state index contributed by atoms with van der Waals surface area (Å²) in [4.78, 5) is 27.5. The summed E-state index contributed by atoms with van der Waals surface area (Å²) in [5.41, 5.74) is -3.61. The van der Waals surface area contributed by atoms with Crippen molar-refractivity contribution in [3.8, 4) is 26.6 Å². The summed E-state index contributed by atoms with van der Waals surface area (Å²) in [5, 5.41) is 0. The lowest BCUT2D eigenvalue weighted by Crippen LogP contribution is -2.48. The summed E-state index contributed by atoms with van der Waals surface area (Å²) >= 11 is 1.84. The molecule has 392 valence electrons. The number of alkyl halides is 6. The molecule has 0 aliphatic heterocycles. The second-order valence-corrected chi connectivity index (χ2v) is 19.1. The van der Waals surface area contributed by atoms with Crippen LogP contribution in [0.15, 0.2) is 54.6 Å². The molecule has 4 aromatic rings. The number of carbonyl (C=O) groups excluding carboxylic acids is 2. The Morgan fingerprint density at radius 3 is 1.35 bits per heavy atom. The third-order valence-electron chi connectivity index (χ3n) is 11.4. The quantitative estimate of drug-likeness (QED) is 0.0258. The molecule has 2 aromatic carbocycles. The maximum atomic E-state index is 16.2. The summed E-state index contributed by atoms with van der Waals surface area (Å²) in [5.74, 6) is -17.6. The average molecular weight is 1040 g/mol. The number of unbranched alkanes of at least 4 members (excludes halogenated alkanes) is 6. The van der Waals surface area contributed by atoms with Crippen LogP contribution in [-0.4, -0.2) is 130 Å². The number of esters is 2. The molecule has 71 heavy (non-hydrogen) atoms. The summed E-state index contributed by atoms with van der Waals surface area (Å²) < 4.78 is 144. The standard InChI is InChI=1S/C52H64F6O11S2/c1-6-7-8-9-10-11-12-17-67-41-15-13-37(14-16-41)44-33-42(35(2)70-44)46-47(51(55,56)52(57,58)50(46,53)54)43-34-45(71-36(43)3)38-30-39(48(59)68-28-26-65-24-22-63-20-18-61-4)32-40(31-38)49(60)69-29-27-66-25-23-64-21-19-62-5/h13-16,30-34H,6-12,17-29H2,1-5H3. The molecular weight excluding hydrogens is 979 g/mol. The number of allylic oxidation sites excluding steroid dienone is 2. The van der Waals surface area contributed by atoms with Crippen LogP contribution >= 0.6 is 22.7 Å². The van der Waals surface area contributed by atoms with Gasteiger partial charge in [-0.2, -0.15) is 26.3 Å². The topological polar surface area (TPSA) is 117 Å². The lowest BCUT2D eigenvalue weighted by molar-refractivity contribution is -0.254. The zero-order valence-electron chi connectivity index (χ0n) is 40.9. The minimum atomic E-state index is -5.80. The van der Waals surface area contributed by atoms with Gasteiger partial charge < -0.3 is 42.6 Å². The molecule has 0 spiro atoms. The fraction of sp³-hybridized carbons (Fsp3) is 0.538. The number of hydrogen-bond donors (Lipinski definition) is 0. The van der Waals surface area contributed by atoms with Crippen molar-refractivity contribution in [2.75, 3.05) is 100 Å². The van der Waals surface area contributed by atoms with Crippen LogP contribution in [0.1, 0.15) is 93.5 Å². The number of halogens is 6. The van der Waals surface area contributed by atoms with E-state index >= 15 is 26.3 Å². The lowest BCUT2D eigenvalue weighted by Gasteiger charge is -2.25. The minimum absolute atomic E-state index is 0.00432. The van der Waals surface area contributed by atoms with Gasteiger partial charge in [-0.15, -0.1) is 22.7 Å². The van der Waals surface area contributed by atoms with E-state index in [2.05, 4.69) is 6.92 Å². The normalized spacial score (nSPS) is 14.9. The van der Waals surface area contributed by atoms with Crippen LogP contribution in [0.25, 0.3) is 32.0 Å². The molecule has 5 rings (SSSR count). The monoisotopic (exact) mass is 1040 g/mol. The van der Waals surface area contributed by atoms with Crippen LogP contribution in [-0.2, 0) is 37.9 Å². The Hall–Kier alpha value is -4.34. The molecule has 1 aliphatic rings. The Labute approximate surface area is 419 Å². The van der Waals surface area contributed by atoms with Crippen molar-refractivity contribution in [3.63, 3.8) is 0 Å². The molecule has 1 aliphatic carbocycles. The van der Waals surface area contributed by atoms with Gasteiger partial charge in [0, 0.05) is 44.9 Å². The van der Waals surface area contributed by atoms with Crippen LogP contribution in [0.3, 0.4) is 0 Å². The Morgan fingerprint density at radius 1 is 0.493 bits per heavy atom. The van der Waals surface area contributed by atoms with Gasteiger partial charge in [0.1, 0.15) is 19.0 Å². The molecule has 0 radical (unpaired) electrons. The first-order valence-corrected chi connectivity index (χ1v) is 25.3. The first-order valence-electron chi connectivity index (χ1n) is 23.7. The summed E-state index contributed by atoms with van der Waals surface area (Å²) in [6.07, 6.45) is 7.87.